The van der Waals surface area contributed by atoms with Crippen molar-refractivity contribution in [3.05, 3.63) is 80.7 Å². The van der Waals surface area contributed by atoms with Crippen molar-refractivity contribution in [2.75, 3.05) is 19.5 Å². The summed E-state index contributed by atoms with van der Waals surface area (Å²) < 4.78 is 81.0. The van der Waals surface area contributed by atoms with Crippen molar-refractivity contribution in [1.82, 2.24) is 15.1 Å². The minimum Gasteiger partial charge on any atom is -0.744 e. The van der Waals surface area contributed by atoms with Crippen molar-refractivity contribution >= 4 is 43.2 Å². The standard InChI is InChI=1S/C22H17N7O13S2/c1-41-17-8-15(28(31)32)19(43(35,36)37)10-13(17)26-21(22(30)23-12-6-4-3-5-7-12)24-25-27(26)14-11-20(44(38,39)40)16(29(33)34)9-18(14)42-2/h3-11H,1-2H3,(H2-,23,30,35,36,37,38,39,40). The second-order valence-corrected chi connectivity index (χ2v) is 11.1. The van der Waals surface area contributed by atoms with Crippen molar-refractivity contribution in [2.45, 2.75) is 9.79 Å². The fourth-order valence-electron chi connectivity index (χ4n) is 3.90. The molecule has 0 aliphatic rings. The van der Waals surface area contributed by atoms with Gasteiger partial charge >= 0.3 is 21.8 Å². The predicted molar refractivity (Wildman–Crippen MR) is 141 cm³/mol. The van der Waals surface area contributed by atoms with Crippen LogP contribution in [0.3, 0.4) is 0 Å². The summed E-state index contributed by atoms with van der Waals surface area (Å²) in [4.78, 5) is 32.2. The number of ether oxygens (including phenoxy) is 2. The molecule has 0 atom stereocenters. The molecule has 1 aromatic heterocycles. The van der Waals surface area contributed by atoms with Crippen molar-refractivity contribution in [1.29, 1.82) is 0 Å². The summed E-state index contributed by atoms with van der Waals surface area (Å²) in [5.74, 6) is -2.72. The molecule has 4 rings (SSSR count). The van der Waals surface area contributed by atoms with E-state index in [1.165, 1.54) is 12.1 Å². The van der Waals surface area contributed by atoms with Crippen LogP contribution in [-0.2, 0) is 20.2 Å². The molecule has 0 saturated carbocycles. The van der Waals surface area contributed by atoms with Gasteiger partial charge in [-0.15, -0.1) is 4.68 Å². The number of benzene rings is 3. The van der Waals surface area contributed by atoms with E-state index in [1.54, 1.807) is 18.2 Å². The van der Waals surface area contributed by atoms with Gasteiger partial charge in [0.2, 0.25) is 0 Å². The first-order valence-corrected chi connectivity index (χ1v) is 14.3. The van der Waals surface area contributed by atoms with Crippen LogP contribution >= 0.6 is 0 Å². The highest BCUT2D eigenvalue weighted by Gasteiger charge is 2.37. The van der Waals surface area contributed by atoms with Gasteiger partial charge in [0.25, 0.3) is 11.4 Å². The molecular formula is C22H17N7O13S2. The van der Waals surface area contributed by atoms with Gasteiger partial charge in [-0.05, 0) is 23.0 Å². The molecule has 0 spiro atoms. The van der Waals surface area contributed by atoms with E-state index < -0.39 is 85.9 Å². The molecule has 22 heteroatoms. The molecule has 1 amide bonds. The third-order valence-corrected chi connectivity index (χ3v) is 7.50. The number of aromatic nitrogens is 4. The molecule has 0 unspecified atom stereocenters. The second kappa shape index (κ2) is 11.6. The number of para-hydroxylation sites is 1. The Hall–Kier alpha value is -5.58. The largest absolute Gasteiger partial charge is 0.744 e. The zero-order valence-corrected chi connectivity index (χ0v) is 23.7. The Morgan fingerprint density at radius 3 is 2.02 bits per heavy atom. The maximum atomic E-state index is 13.4. The van der Waals surface area contributed by atoms with Crippen LogP contribution in [0.4, 0.5) is 17.1 Å². The lowest BCUT2D eigenvalue weighted by Crippen LogP contribution is -2.47. The topological polar surface area (TPSA) is 280 Å². The lowest BCUT2D eigenvalue weighted by atomic mass is 10.2. The van der Waals surface area contributed by atoms with Crippen molar-refractivity contribution < 1.29 is 54.7 Å². The SMILES string of the molecule is COc1cc([N+](=O)[O-])c(S(=O)(=O)[O-])cc1-n1nnc(C(=O)Nc2ccccc2)[n+]1-c1cc(S(=O)(=O)O)c([N+](=O)[O-])cc1OC. The summed E-state index contributed by atoms with van der Waals surface area (Å²) in [5.41, 5.74) is -3.18. The Labute approximate surface area is 245 Å². The zero-order valence-electron chi connectivity index (χ0n) is 22.0. The summed E-state index contributed by atoms with van der Waals surface area (Å²) in [7, 11) is -8.81. The summed E-state index contributed by atoms with van der Waals surface area (Å²) in [6.07, 6.45) is 0. The van der Waals surface area contributed by atoms with Gasteiger partial charge in [0.05, 0.1) is 36.2 Å². The molecule has 4 aromatic rings. The normalized spacial score (nSPS) is 11.5. The molecule has 0 fully saturated rings. The highest BCUT2D eigenvalue weighted by atomic mass is 32.2. The maximum Gasteiger partial charge on any atom is 0.395 e. The van der Waals surface area contributed by atoms with Crippen LogP contribution in [0.2, 0.25) is 0 Å². The molecule has 230 valence electrons. The number of anilines is 1. The van der Waals surface area contributed by atoms with E-state index in [2.05, 4.69) is 15.6 Å². The Morgan fingerprint density at radius 2 is 1.50 bits per heavy atom. The molecule has 0 aliphatic carbocycles. The molecule has 0 aliphatic heterocycles. The molecular weight excluding hydrogens is 634 g/mol. The Morgan fingerprint density at radius 1 is 0.932 bits per heavy atom. The van der Waals surface area contributed by atoms with Gasteiger partial charge in [-0.1, -0.05) is 18.2 Å². The average molecular weight is 652 g/mol. The molecule has 0 saturated heterocycles. The fourth-order valence-corrected chi connectivity index (χ4v) is 5.20. The quantitative estimate of drug-likeness (QED) is 0.104. The first kappa shape index (κ1) is 31.4. The molecule has 2 N–H and O–H groups in total. The van der Waals surface area contributed by atoms with E-state index in [4.69, 9.17) is 9.47 Å². The number of nitrogens with one attached hydrogen (secondary N) is 1. The van der Waals surface area contributed by atoms with Gasteiger partial charge in [-0.2, -0.15) is 8.42 Å². The van der Waals surface area contributed by atoms with E-state index in [-0.39, 0.29) is 5.69 Å². The Bertz CT molecular complexity index is 2050. The van der Waals surface area contributed by atoms with Crippen LogP contribution in [0.15, 0.2) is 64.4 Å². The maximum absolute atomic E-state index is 13.4. The summed E-state index contributed by atoms with van der Waals surface area (Å²) >= 11 is 0. The summed E-state index contributed by atoms with van der Waals surface area (Å²) in [6, 6.07) is 9.97. The van der Waals surface area contributed by atoms with E-state index in [9.17, 15) is 51.0 Å². The average Bonchev–Trinajstić information content (AvgIpc) is 3.40. The van der Waals surface area contributed by atoms with E-state index >= 15 is 0 Å². The third kappa shape index (κ3) is 5.98. The van der Waals surface area contributed by atoms with Crippen molar-refractivity contribution in [3.8, 4) is 22.9 Å². The number of carbonyl (C=O) groups excluding carboxylic acids is 1. The molecule has 0 radical (unpaired) electrons. The highest BCUT2D eigenvalue weighted by molar-refractivity contribution is 7.86. The Balaban J connectivity index is 2.15. The number of rotatable bonds is 10. The van der Waals surface area contributed by atoms with E-state index in [1.807, 2.05) is 0 Å². The number of hydrogen-bond donors (Lipinski definition) is 2. The number of nitrogens with zero attached hydrogens (tertiary/aromatic N) is 6. The van der Waals surface area contributed by atoms with Crippen molar-refractivity contribution in [3.63, 3.8) is 0 Å². The van der Waals surface area contributed by atoms with Gasteiger partial charge in [0.15, 0.2) is 33.0 Å². The van der Waals surface area contributed by atoms with Crippen LogP contribution < -0.4 is 19.5 Å². The van der Waals surface area contributed by atoms with Gasteiger partial charge < -0.3 is 19.3 Å². The van der Waals surface area contributed by atoms with Crippen LogP contribution in [-0.4, -0.2) is 71.0 Å². The predicted octanol–water partition coefficient (Wildman–Crippen LogP) is 0.781. The van der Waals surface area contributed by atoms with Crippen LogP contribution in [0.1, 0.15) is 10.6 Å². The molecule has 0 bridgehead atoms. The number of hydrogen-bond acceptors (Lipinski definition) is 14. The number of nitro benzene ring substituents is 2. The number of carbonyl (C=O) groups is 1. The number of nitro groups is 2. The number of methoxy groups -OCH3 is 2. The van der Waals surface area contributed by atoms with E-state index in [0.717, 1.165) is 14.2 Å². The van der Waals surface area contributed by atoms with Crippen LogP contribution in [0.5, 0.6) is 11.5 Å². The van der Waals surface area contributed by atoms with Gasteiger partial charge in [-0.25, -0.2) is 8.42 Å². The smallest absolute Gasteiger partial charge is 0.395 e. The molecule has 3 aromatic carbocycles. The molecule has 20 nitrogen and oxygen atoms in total. The third-order valence-electron chi connectivity index (χ3n) is 5.75. The van der Waals surface area contributed by atoms with Gasteiger partial charge in [0.1, 0.15) is 20.1 Å². The first-order valence-electron chi connectivity index (χ1n) is 11.5. The first-order chi connectivity index (χ1) is 20.6. The minimum atomic E-state index is -5.53. The zero-order chi connectivity index (χ0) is 32.6. The second-order valence-electron chi connectivity index (χ2n) is 8.36. The van der Waals surface area contributed by atoms with Crippen LogP contribution in [0.25, 0.3) is 11.4 Å². The summed E-state index contributed by atoms with van der Waals surface area (Å²) in [6.45, 7) is 0. The summed E-state index contributed by atoms with van der Waals surface area (Å²) in [5, 5.41) is 33.2. The fraction of sp³-hybridized carbons (Fsp3) is 0.0909. The van der Waals surface area contributed by atoms with Gasteiger partial charge in [0, 0.05) is 11.8 Å². The highest BCUT2D eigenvalue weighted by Crippen LogP contribution is 2.35. The van der Waals surface area contributed by atoms with Gasteiger partial charge in [-0.3, -0.25) is 29.6 Å². The lowest BCUT2D eigenvalue weighted by molar-refractivity contribution is -0.682. The van der Waals surface area contributed by atoms with Crippen LogP contribution in [0, 0.1) is 20.2 Å². The number of amides is 1. The van der Waals surface area contributed by atoms with Crippen molar-refractivity contribution in [2.24, 2.45) is 0 Å². The monoisotopic (exact) mass is 651 g/mol. The number of tetrazole rings is 1. The minimum absolute atomic E-state index is 0.237. The lowest BCUT2D eigenvalue weighted by Gasteiger charge is -2.14. The van der Waals surface area contributed by atoms with E-state index in [0.29, 0.717) is 33.7 Å². The molecule has 1 heterocycles. The Kier molecular flexibility index (Phi) is 8.27. The molecule has 44 heavy (non-hydrogen) atoms.